The van der Waals surface area contributed by atoms with Crippen LogP contribution in [0.2, 0.25) is 0 Å². The number of hydrogen-bond acceptors (Lipinski definition) is 4. The Bertz CT molecular complexity index is 470. The van der Waals surface area contributed by atoms with Crippen molar-refractivity contribution < 1.29 is 5.11 Å². The molecule has 3 N–H and O–H groups in total. The summed E-state index contributed by atoms with van der Waals surface area (Å²) in [5, 5.41) is 14.7. The molecule has 0 spiro atoms. The Morgan fingerprint density at radius 2 is 2.16 bits per heavy atom. The Labute approximate surface area is 114 Å². The lowest BCUT2D eigenvalue weighted by Crippen LogP contribution is -2.39. The topological polar surface area (TPSA) is 67.3 Å². The van der Waals surface area contributed by atoms with Gasteiger partial charge in [0.25, 0.3) is 0 Å². The molecule has 19 heavy (non-hydrogen) atoms. The number of hydrogen-bond donors (Lipinski definition) is 2. The summed E-state index contributed by atoms with van der Waals surface area (Å²) >= 11 is 0. The molecule has 3 unspecified atom stereocenters. The van der Waals surface area contributed by atoms with E-state index in [0.717, 1.165) is 29.5 Å². The van der Waals surface area contributed by atoms with E-state index in [1.165, 1.54) is 25.8 Å². The van der Waals surface area contributed by atoms with Crippen molar-refractivity contribution >= 4 is 5.69 Å². The van der Waals surface area contributed by atoms with Gasteiger partial charge in [-0.05, 0) is 39.0 Å². The highest BCUT2D eigenvalue weighted by molar-refractivity contribution is 5.46. The van der Waals surface area contributed by atoms with Crippen molar-refractivity contribution in [2.45, 2.75) is 51.8 Å². The Morgan fingerprint density at radius 3 is 2.68 bits per heavy atom. The van der Waals surface area contributed by atoms with Crippen LogP contribution >= 0.6 is 0 Å². The normalized spacial score (nSPS) is 28.2. The van der Waals surface area contributed by atoms with E-state index in [-0.39, 0.29) is 6.10 Å². The molecule has 1 aromatic heterocycles. The molecule has 2 heterocycles. The maximum Gasteiger partial charge on any atom is 0.0862 e. The summed E-state index contributed by atoms with van der Waals surface area (Å²) in [7, 11) is 0. The van der Waals surface area contributed by atoms with Gasteiger partial charge in [0.05, 0.1) is 29.7 Å². The first kappa shape index (κ1) is 12.9. The van der Waals surface area contributed by atoms with Crippen molar-refractivity contribution in [2.24, 2.45) is 5.92 Å². The summed E-state index contributed by atoms with van der Waals surface area (Å²) in [6, 6.07) is 0.713. The molecule has 1 saturated carbocycles. The Kier molecular flexibility index (Phi) is 3.27. The number of β-amino-alcohol motifs (C(OH)–C–C–N with tert-alkyl or cyclic N) is 1. The average Bonchev–Trinajstić information content (AvgIpc) is 3.02. The summed E-state index contributed by atoms with van der Waals surface area (Å²) in [6.45, 7) is 6.34. The number of aromatic nitrogens is 2. The van der Waals surface area contributed by atoms with Gasteiger partial charge in [0.1, 0.15) is 0 Å². The van der Waals surface area contributed by atoms with Crippen molar-refractivity contribution in [2.75, 3.05) is 18.8 Å². The lowest BCUT2D eigenvalue weighted by molar-refractivity contribution is 0.0793. The van der Waals surface area contributed by atoms with E-state index in [2.05, 4.69) is 10.00 Å². The number of fused-ring (bicyclic) bond motifs is 2. The summed E-state index contributed by atoms with van der Waals surface area (Å²) in [5.74, 6) is 0.876. The monoisotopic (exact) mass is 264 g/mol. The average molecular weight is 264 g/mol. The van der Waals surface area contributed by atoms with Crippen LogP contribution in [0.25, 0.3) is 0 Å². The molecule has 5 nitrogen and oxygen atoms in total. The van der Waals surface area contributed by atoms with Crippen LogP contribution in [0, 0.1) is 19.8 Å². The molecule has 1 aliphatic heterocycles. The molecule has 1 aliphatic carbocycles. The van der Waals surface area contributed by atoms with Crippen molar-refractivity contribution in [3.8, 4) is 0 Å². The fourth-order valence-electron chi connectivity index (χ4n) is 3.67. The minimum absolute atomic E-state index is 0.364. The van der Waals surface area contributed by atoms with E-state index in [1.54, 1.807) is 0 Å². The number of aliphatic hydroxyl groups is 1. The third kappa shape index (κ3) is 2.37. The Balaban J connectivity index is 1.59. The second-order valence-corrected chi connectivity index (χ2v) is 6.21. The molecular formula is C14H24N4O. The number of aryl methyl sites for hydroxylation is 1. The minimum atomic E-state index is -0.364. The fraction of sp³-hybridized carbons (Fsp3) is 0.786. The number of rotatable bonds is 4. The second kappa shape index (κ2) is 4.80. The molecule has 2 bridgehead atoms. The van der Waals surface area contributed by atoms with Gasteiger partial charge in [0.2, 0.25) is 0 Å². The molecule has 0 radical (unpaired) electrons. The van der Waals surface area contributed by atoms with Gasteiger partial charge in [0, 0.05) is 19.1 Å². The smallest absolute Gasteiger partial charge is 0.0862 e. The third-order valence-electron chi connectivity index (χ3n) is 4.79. The molecule has 2 aliphatic rings. The van der Waals surface area contributed by atoms with Crippen molar-refractivity contribution in [1.82, 2.24) is 14.7 Å². The molecule has 0 amide bonds. The molecule has 3 atom stereocenters. The molecule has 3 rings (SSSR count). The Hall–Kier alpha value is -1.07. The highest BCUT2D eigenvalue weighted by Gasteiger charge is 2.38. The zero-order valence-electron chi connectivity index (χ0n) is 11.8. The maximum atomic E-state index is 10.3. The summed E-state index contributed by atoms with van der Waals surface area (Å²) in [6.07, 6.45) is 3.66. The van der Waals surface area contributed by atoms with Crippen LogP contribution in [0.4, 0.5) is 5.69 Å². The largest absolute Gasteiger partial charge is 0.396 e. The summed E-state index contributed by atoms with van der Waals surface area (Å²) in [4.78, 5) is 2.45. The van der Waals surface area contributed by atoms with Gasteiger partial charge in [-0.25, -0.2) is 0 Å². The van der Waals surface area contributed by atoms with Crippen LogP contribution in [0.15, 0.2) is 0 Å². The van der Waals surface area contributed by atoms with Gasteiger partial charge in [-0.3, -0.25) is 9.58 Å². The van der Waals surface area contributed by atoms with Gasteiger partial charge >= 0.3 is 0 Å². The number of nitrogens with two attached hydrogens (primary N) is 1. The Morgan fingerprint density at radius 1 is 1.37 bits per heavy atom. The zero-order chi connectivity index (χ0) is 13.6. The molecular weight excluding hydrogens is 240 g/mol. The zero-order valence-corrected chi connectivity index (χ0v) is 11.8. The molecule has 1 saturated heterocycles. The standard InChI is InChI=1S/C14H24N4O/c1-9-14(15)10(2)18(16-9)8-13(19)7-17-6-11-3-4-12(17)5-11/h11-13,19H,3-8,15H2,1-2H3. The highest BCUT2D eigenvalue weighted by atomic mass is 16.3. The first-order valence-corrected chi connectivity index (χ1v) is 7.26. The van der Waals surface area contributed by atoms with Crippen LogP contribution in [0.3, 0.4) is 0 Å². The molecule has 106 valence electrons. The SMILES string of the molecule is Cc1nn(CC(O)CN2CC3CCC2C3)c(C)c1N. The number of anilines is 1. The highest BCUT2D eigenvalue weighted by Crippen LogP contribution is 2.37. The molecule has 5 heteroatoms. The van der Waals surface area contributed by atoms with Crippen molar-refractivity contribution in [3.63, 3.8) is 0 Å². The lowest BCUT2D eigenvalue weighted by atomic mass is 10.1. The number of nitrogens with zero attached hydrogens (tertiary/aromatic N) is 3. The van der Waals surface area contributed by atoms with E-state index in [1.807, 2.05) is 18.5 Å². The maximum absolute atomic E-state index is 10.3. The predicted octanol–water partition coefficient (Wildman–Crippen LogP) is 0.927. The fourth-order valence-corrected chi connectivity index (χ4v) is 3.67. The van der Waals surface area contributed by atoms with Gasteiger partial charge in [-0.2, -0.15) is 5.10 Å². The molecule has 1 aromatic rings. The van der Waals surface area contributed by atoms with E-state index in [4.69, 9.17) is 5.73 Å². The van der Waals surface area contributed by atoms with Crippen LogP contribution in [-0.4, -0.2) is 45.0 Å². The van der Waals surface area contributed by atoms with Crippen LogP contribution in [0.5, 0.6) is 0 Å². The number of nitrogen functional groups attached to an aromatic ring is 1. The van der Waals surface area contributed by atoms with Crippen molar-refractivity contribution in [1.29, 1.82) is 0 Å². The summed E-state index contributed by atoms with van der Waals surface area (Å²) in [5.41, 5.74) is 8.47. The van der Waals surface area contributed by atoms with Gasteiger partial charge < -0.3 is 10.8 Å². The molecule has 2 fully saturated rings. The number of likely N-dealkylation sites (tertiary alicyclic amines) is 1. The van der Waals surface area contributed by atoms with Gasteiger partial charge in [-0.1, -0.05) is 0 Å². The first-order chi connectivity index (χ1) is 9.04. The quantitative estimate of drug-likeness (QED) is 0.849. The van der Waals surface area contributed by atoms with E-state index < -0.39 is 0 Å². The first-order valence-electron chi connectivity index (χ1n) is 7.26. The van der Waals surface area contributed by atoms with E-state index in [9.17, 15) is 5.11 Å². The predicted molar refractivity (Wildman–Crippen MR) is 74.8 cm³/mol. The number of aliphatic hydroxyl groups excluding tert-OH is 1. The second-order valence-electron chi connectivity index (χ2n) is 6.21. The minimum Gasteiger partial charge on any atom is -0.396 e. The van der Waals surface area contributed by atoms with Crippen molar-refractivity contribution in [3.05, 3.63) is 11.4 Å². The third-order valence-corrected chi connectivity index (χ3v) is 4.79. The van der Waals surface area contributed by atoms with Gasteiger partial charge in [-0.15, -0.1) is 0 Å². The number of piperidine rings is 1. The lowest BCUT2D eigenvalue weighted by Gasteiger charge is -2.28. The van der Waals surface area contributed by atoms with Crippen LogP contribution in [0.1, 0.15) is 30.7 Å². The van der Waals surface area contributed by atoms with E-state index in [0.29, 0.717) is 12.6 Å². The summed E-state index contributed by atoms with van der Waals surface area (Å²) < 4.78 is 1.84. The van der Waals surface area contributed by atoms with Crippen LogP contribution < -0.4 is 5.73 Å². The van der Waals surface area contributed by atoms with E-state index >= 15 is 0 Å². The van der Waals surface area contributed by atoms with Crippen LogP contribution in [-0.2, 0) is 6.54 Å². The van der Waals surface area contributed by atoms with Gasteiger partial charge in [0.15, 0.2) is 0 Å². The molecule has 0 aromatic carbocycles.